The fourth-order valence-corrected chi connectivity index (χ4v) is 2.70. The minimum absolute atomic E-state index is 0.103. The Hall–Kier alpha value is -2.45. The molecule has 0 saturated carbocycles. The van der Waals surface area contributed by atoms with Crippen molar-refractivity contribution in [2.24, 2.45) is 5.10 Å². The van der Waals surface area contributed by atoms with E-state index in [2.05, 4.69) is 15.5 Å². The number of carbonyl (C=O) groups excluding carboxylic acids is 1. The van der Waals surface area contributed by atoms with E-state index >= 15 is 0 Å². The Morgan fingerprint density at radius 3 is 2.84 bits per heavy atom. The minimum atomic E-state index is -0.599. The van der Waals surface area contributed by atoms with Gasteiger partial charge in [-0.3, -0.25) is 19.1 Å². The molecule has 0 aliphatic rings. The number of aromatic hydroxyl groups is 1. The predicted octanol–water partition coefficient (Wildman–Crippen LogP) is 3.00. The van der Waals surface area contributed by atoms with Gasteiger partial charge in [-0.25, -0.2) is 5.43 Å². The molecule has 0 bridgehead atoms. The van der Waals surface area contributed by atoms with Crippen molar-refractivity contribution < 1.29 is 9.90 Å². The summed E-state index contributed by atoms with van der Waals surface area (Å²) in [5, 5.41) is 14.3. The molecule has 0 aliphatic heterocycles. The highest BCUT2D eigenvalue weighted by molar-refractivity contribution is 7.71. The molecule has 9 heteroatoms. The molecule has 1 heterocycles. The SMILES string of the molecule is CC[C@H](C)n1c(O)c(C=NNC(=O)c2ccccc2Cl)c(=O)[nH]c1=S. The van der Waals surface area contributed by atoms with E-state index in [-0.39, 0.29) is 32.8 Å². The van der Waals surface area contributed by atoms with Crippen LogP contribution in [0.3, 0.4) is 0 Å². The first-order valence-electron chi connectivity index (χ1n) is 7.52. The van der Waals surface area contributed by atoms with Crippen LogP contribution in [0.15, 0.2) is 34.2 Å². The van der Waals surface area contributed by atoms with Crippen molar-refractivity contribution in [2.45, 2.75) is 26.3 Å². The molecule has 1 aromatic carbocycles. The summed E-state index contributed by atoms with van der Waals surface area (Å²) in [6.45, 7) is 3.78. The third kappa shape index (κ3) is 4.15. The molecule has 1 atom stereocenters. The van der Waals surface area contributed by atoms with Gasteiger partial charge in [0.05, 0.1) is 16.8 Å². The van der Waals surface area contributed by atoms with E-state index < -0.39 is 11.5 Å². The first kappa shape index (κ1) is 18.9. The summed E-state index contributed by atoms with van der Waals surface area (Å²) in [6, 6.07) is 6.37. The summed E-state index contributed by atoms with van der Waals surface area (Å²) in [6.07, 6.45) is 1.77. The van der Waals surface area contributed by atoms with Crippen LogP contribution < -0.4 is 11.0 Å². The van der Waals surface area contributed by atoms with Gasteiger partial charge in [-0.1, -0.05) is 30.7 Å². The second kappa shape index (κ2) is 8.09. The van der Waals surface area contributed by atoms with Crippen molar-refractivity contribution in [1.82, 2.24) is 15.0 Å². The predicted molar refractivity (Wildman–Crippen MR) is 99.1 cm³/mol. The van der Waals surface area contributed by atoms with E-state index in [1.54, 1.807) is 24.3 Å². The maximum absolute atomic E-state index is 12.0. The number of hydrogen-bond acceptors (Lipinski definition) is 5. The molecular formula is C16H17ClN4O3S. The largest absolute Gasteiger partial charge is 0.494 e. The van der Waals surface area contributed by atoms with E-state index in [4.69, 9.17) is 23.8 Å². The maximum Gasteiger partial charge on any atom is 0.272 e. The molecule has 0 unspecified atom stereocenters. The fourth-order valence-electron chi connectivity index (χ4n) is 2.12. The number of carbonyl (C=O) groups is 1. The summed E-state index contributed by atoms with van der Waals surface area (Å²) < 4.78 is 1.54. The molecule has 7 nitrogen and oxygen atoms in total. The van der Waals surface area contributed by atoms with Crippen molar-refractivity contribution in [1.29, 1.82) is 0 Å². The first-order valence-corrected chi connectivity index (χ1v) is 8.31. The smallest absolute Gasteiger partial charge is 0.272 e. The van der Waals surface area contributed by atoms with Crippen molar-refractivity contribution in [3.63, 3.8) is 0 Å². The number of rotatable bonds is 5. The molecule has 0 aliphatic carbocycles. The molecule has 0 saturated heterocycles. The van der Waals surface area contributed by atoms with Gasteiger partial charge < -0.3 is 5.11 Å². The second-order valence-electron chi connectivity index (χ2n) is 5.30. The molecule has 132 valence electrons. The van der Waals surface area contributed by atoms with E-state index in [0.717, 1.165) is 6.21 Å². The molecule has 0 spiro atoms. The van der Waals surface area contributed by atoms with Crippen LogP contribution in [0.25, 0.3) is 0 Å². The lowest BCUT2D eigenvalue weighted by atomic mass is 10.2. The highest BCUT2D eigenvalue weighted by Gasteiger charge is 2.15. The van der Waals surface area contributed by atoms with E-state index in [9.17, 15) is 14.7 Å². The number of aromatic nitrogens is 2. The Morgan fingerprint density at radius 1 is 1.52 bits per heavy atom. The molecule has 1 aromatic heterocycles. The van der Waals surface area contributed by atoms with Crippen LogP contribution in [-0.2, 0) is 0 Å². The summed E-state index contributed by atoms with van der Waals surface area (Å²) in [5.41, 5.74) is 1.81. The molecule has 2 rings (SSSR count). The monoisotopic (exact) mass is 380 g/mol. The lowest BCUT2D eigenvalue weighted by molar-refractivity contribution is 0.0955. The van der Waals surface area contributed by atoms with Gasteiger partial charge in [0, 0.05) is 6.04 Å². The van der Waals surface area contributed by atoms with E-state index in [0.29, 0.717) is 6.42 Å². The number of halogens is 1. The Bertz CT molecular complexity index is 936. The Morgan fingerprint density at radius 2 is 2.20 bits per heavy atom. The highest BCUT2D eigenvalue weighted by atomic mass is 35.5. The van der Waals surface area contributed by atoms with Crippen LogP contribution in [0.5, 0.6) is 5.88 Å². The van der Waals surface area contributed by atoms with Gasteiger partial charge in [0.25, 0.3) is 11.5 Å². The van der Waals surface area contributed by atoms with Crippen LogP contribution in [0.2, 0.25) is 5.02 Å². The van der Waals surface area contributed by atoms with Gasteiger partial charge in [-0.2, -0.15) is 5.10 Å². The van der Waals surface area contributed by atoms with Gasteiger partial charge in [0.15, 0.2) is 4.77 Å². The van der Waals surface area contributed by atoms with E-state index in [1.165, 1.54) is 4.57 Å². The average molecular weight is 381 g/mol. The van der Waals surface area contributed by atoms with Gasteiger partial charge in [-0.05, 0) is 37.7 Å². The summed E-state index contributed by atoms with van der Waals surface area (Å²) >= 11 is 11.0. The second-order valence-corrected chi connectivity index (χ2v) is 6.10. The Kier molecular flexibility index (Phi) is 6.11. The molecule has 0 radical (unpaired) electrons. The number of amides is 1. The summed E-state index contributed by atoms with van der Waals surface area (Å²) in [4.78, 5) is 26.5. The molecule has 2 aromatic rings. The summed E-state index contributed by atoms with van der Waals surface area (Å²) in [5.74, 6) is -0.841. The number of H-pyrrole nitrogens is 1. The van der Waals surface area contributed by atoms with Gasteiger partial charge >= 0.3 is 0 Å². The third-order valence-electron chi connectivity index (χ3n) is 3.66. The van der Waals surface area contributed by atoms with Gasteiger partial charge in [0.1, 0.15) is 5.56 Å². The van der Waals surface area contributed by atoms with Crippen molar-refractivity contribution in [2.75, 3.05) is 0 Å². The Labute approximate surface area is 154 Å². The third-order valence-corrected chi connectivity index (χ3v) is 4.29. The zero-order chi connectivity index (χ0) is 18.6. The normalized spacial score (nSPS) is 12.3. The lowest BCUT2D eigenvalue weighted by Gasteiger charge is -2.16. The summed E-state index contributed by atoms with van der Waals surface area (Å²) in [7, 11) is 0. The van der Waals surface area contributed by atoms with Crippen molar-refractivity contribution >= 4 is 35.9 Å². The minimum Gasteiger partial charge on any atom is -0.494 e. The molecule has 25 heavy (non-hydrogen) atoms. The maximum atomic E-state index is 12.0. The zero-order valence-corrected chi connectivity index (χ0v) is 15.2. The number of nitrogens with zero attached hydrogens (tertiary/aromatic N) is 2. The van der Waals surface area contributed by atoms with Gasteiger partial charge in [0.2, 0.25) is 5.88 Å². The van der Waals surface area contributed by atoms with Crippen LogP contribution in [0.4, 0.5) is 0 Å². The van der Waals surface area contributed by atoms with Crippen molar-refractivity contribution in [3.05, 3.63) is 55.5 Å². The lowest BCUT2D eigenvalue weighted by Crippen LogP contribution is -2.22. The van der Waals surface area contributed by atoms with Crippen LogP contribution in [-0.4, -0.2) is 26.8 Å². The number of aromatic amines is 1. The Balaban J connectivity index is 2.30. The standard InChI is InChI=1S/C16H17ClN4O3S/c1-3-9(2)21-15(24)11(13(22)19-16(21)25)8-18-20-14(23)10-6-4-5-7-12(10)17/h4-9,24H,3H2,1-2H3,(H,20,23)(H,19,22,25)/t9-/m0/s1. The quantitative estimate of drug-likeness (QED) is 0.421. The first-order chi connectivity index (χ1) is 11.9. The average Bonchev–Trinajstić information content (AvgIpc) is 2.57. The number of hydrogen-bond donors (Lipinski definition) is 3. The van der Waals surface area contributed by atoms with Crippen molar-refractivity contribution in [3.8, 4) is 5.88 Å². The number of nitrogens with one attached hydrogen (secondary N) is 2. The topological polar surface area (TPSA) is 99.5 Å². The molecule has 1 amide bonds. The zero-order valence-electron chi connectivity index (χ0n) is 13.6. The highest BCUT2D eigenvalue weighted by Crippen LogP contribution is 2.20. The number of hydrazone groups is 1. The van der Waals surface area contributed by atoms with E-state index in [1.807, 2.05) is 13.8 Å². The van der Waals surface area contributed by atoms with Crippen LogP contribution >= 0.6 is 23.8 Å². The van der Waals surface area contributed by atoms with Crippen LogP contribution in [0.1, 0.15) is 42.2 Å². The molecule has 0 fully saturated rings. The fraction of sp³-hybridized carbons (Fsp3) is 0.250. The van der Waals surface area contributed by atoms with Crippen LogP contribution in [0, 0.1) is 4.77 Å². The molecular weight excluding hydrogens is 364 g/mol. The number of benzene rings is 1. The molecule has 3 N–H and O–H groups in total. The van der Waals surface area contributed by atoms with Gasteiger partial charge in [-0.15, -0.1) is 0 Å².